The molecule has 2 aliphatic rings. The maximum Gasteiger partial charge on any atom is 0.328 e. The molecular weight excluding hydrogens is 1030 g/mol. The van der Waals surface area contributed by atoms with Crippen molar-refractivity contribution in [3.05, 3.63) is 179 Å². The highest BCUT2D eigenvalue weighted by atomic mass is 16.7. The summed E-state index contributed by atoms with van der Waals surface area (Å²) in [6.45, 7) is 6.88. The van der Waals surface area contributed by atoms with E-state index in [0.717, 1.165) is 51.4 Å². The summed E-state index contributed by atoms with van der Waals surface area (Å²) in [6.07, 6.45) is 9.46. The number of hydrogen-bond acceptors (Lipinski definition) is 14. The molecule has 0 unspecified atom stereocenters. The summed E-state index contributed by atoms with van der Waals surface area (Å²) in [5, 5.41) is 15.9. The second-order valence-corrected chi connectivity index (χ2v) is 21.1. The molecule has 16 heteroatoms. The van der Waals surface area contributed by atoms with E-state index in [2.05, 4.69) is 69.1 Å². The summed E-state index contributed by atoms with van der Waals surface area (Å²) >= 11 is 0. The van der Waals surface area contributed by atoms with Gasteiger partial charge in [0.2, 0.25) is 6.79 Å². The highest BCUT2D eigenvalue weighted by molar-refractivity contribution is 5.98. The minimum Gasteiger partial charge on any atom is -0.503 e. The van der Waals surface area contributed by atoms with Gasteiger partial charge in [0.25, 0.3) is 11.8 Å². The molecule has 2 fully saturated rings. The number of cyclic esters (lactones) is 2. The van der Waals surface area contributed by atoms with Crippen LogP contribution in [0, 0.1) is 29.6 Å². The van der Waals surface area contributed by atoms with E-state index in [4.69, 9.17) is 28.4 Å². The molecule has 0 radical (unpaired) electrons. The van der Waals surface area contributed by atoms with Crippen LogP contribution in [0.25, 0.3) is 0 Å². The molecule has 0 aliphatic carbocycles. The second-order valence-electron chi connectivity index (χ2n) is 21.1. The van der Waals surface area contributed by atoms with Gasteiger partial charge in [-0.25, -0.2) is 19.6 Å². The van der Waals surface area contributed by atoms with Crippen LogP contribution in [0.5, 0.6) is 23.0 Å². The first-order valence-corrected chi connectivity index (χ1v) is 28.0. The predicted molar refractivity (Wildman–Crippen MR) is 306 cm³/mol. The van der Waals surface area contributed by atoms with Crippen molar-refractivity contribution in [2.24, 2.45) is 29.6 Å². The Bertz CT molecular complexity index is 2970. The largest absolute Gasteiger partial charge is 0.503 e. The third-order valence-electron chi connectivity index (χ3n) is 15.1. The highest BCUT2D eigenvalue weighted by Crippen LogP contribution is 2.36. The number of benzene rings is 4. The number of rotatable bonds is 18. The van der Waals surface area contributed by atoms with Gasteiger partial charge in [-0.05, 0) is 99.3 Å². The molecule has 0 saturated carbocycles. The normalized spacial score (nSPS) is 21.2. The summed E-state index contributed by atoms with van der Waals surface area (Å²) in [4.78, 5) is 73.2. The third-order valence-corrected chi connectivity index (χ3v) is 15.1. The van der Waals surface area contributed by atoms with Crippen molar-refractivity contribution in [1.29, 1.82) is 0 Å². The van der Waals surface area contributed by atoms with Gasteiger partial charge in [0.05, 0.1) is 20.1 Å². The molecule has 0 spiro atoms. The van der Waals surface area contributed by atoms with Crippen LogP contribution >= 0.6 is 0 Å². The molecule has 2 saturated heterocycles. The molecule has 3 N–H and O–H groups in total. The van der Waals surface area contributed by atoms with Crippen molar-refractivity contribution in [2.75, 3.05) is 21.0 Å². The number of ether oxygens (including phenoxy) is 6. The van der Waals surface area contributed by atoms with Gasteiger partial charge in [0, 0.05) is 36.4 Å². The van der Waals surface area contributed by atoms with Crippen LogP contribution in [-0.4, -0.2) is 90.1 Å². The first kappa shape index (κ1) is 60.4. The lowest BCUT2D eigenvalue weighted by molar-refractivity contribution is -0.155. The zero-order chi connectivity index (χ0) is 57.7. The first-order chi connectivity index (χ1) is 39.2. The fraction of sp³-hybridized carbons (Fsp3) is 0.400. The molecule has 2 amide bonds. The standard InChI is InChI=1S/C35H42N2O7.C30H34N2O5/c1-23(2)34(39)43-22-42-32-30(41-4)18-19-36-31(32)33(38)37-29-17-11-16-27(20-25-12-7-5-8-13-25)28(24(3)44-35(29)40)21-26-14-9-6-10-15-26;1-20-24(19-22-12-7-4-8-13-22)23(18-21-10-5-3-6-11-21)14-9-15-25(30(35)37-20)32-29(34)27-28(33)26(36-2)16-17-31-27/h5-10,12-15,18-19,23-24,27-29H,11,16-17,20-22H2,1-4H3,(H,37,38);3-8,10-13,16-17,20,23-25,33H,9,14-15,18-19H2,1-2H3,(H,32,34)/t24-,27+,28-,29-;20-,23+,24-,25-/m00/s1. The molecule has 2 aliphatic heterocycles. The van der Waals surface area contributed by atoms with Gasteiger partial charge in [-0.2, -0.15) is 0 Å². The van der Waals surface area contributed by atoms with E-state index in [-0.39, 0.29) is 70.3 Å². The number of aromatic nitrogens is 2. The third kappa shape index (κ3) is 17.4. The molecule has 0 bridgehead atoms. The van der Waals surface area contributed by atoms with Crippen LogP contribution in [0.3, 0.4) is 0 Å². The number of carbonyl (C=O) groups excluding carboxylic acids is 5. The zero-order valence-corrected chi connectivity index (χ0v) is 47.2. The number of pyridine rings is 2. The van der Waals surface area contributed by atoms with Crippen LogP contribution in [0.2, 0.25) is 0 Å². The Morgan fingerprint density at radius 3 is 1.38 bits per heavy atom. The van der Waals surface area contributed by atoms with Gasteiger partial charge >= 0.3 is 17.9 Å². The van der Waals surface area contributed by atoms with E-state index in [1.165, 1.54) is 61.0 Å². The Morgan fingerprint density at radius 1 is 0.568 bits per heavy atom. The average molecular weight is 1110 g/mol. The van der Waals surface area contributed by atoms with Crippen LogP contribution in [0.15, 0.2) is 146 Å². The van der Waals surface area contributed by atoms with Crippen LogP contribution in [-0.2, 0) is 54.3 Å². The molecule has 4 aromatic carbocycles. The smallest absolute Gasteiger partial charge is 0.328 e. The Morgan fingerprint density at radius 2 is 0.963 bits per heavy atom. The maximum atomic E-state index is 13.5. The minimum absolute atomic E-state index is 0.0136. The molecule has 4 heterocycles. The van der Waals surface area contributed by atoms with Crippen molar-refractivity contribution in [2.45, 2.75) is 116 Å². The SMILES string of the molecule is COc1ccnc(C(=O)N[C@H]2CCC[C@H](Cc3ccccc3)[C@@H](Cc3ccccc3)[C@H](C)OC2=O)c1O.COc1ccnc(C(=O)N[C@H]2CCC[C@H](Cc3ccccc3)[C@@H](Cc3ccccc3)[C@H](C)OC2=O)c1OCOC(=O)C(C)C. The lowest BCUT2D eigenvalue weighted by Gasteiger charge is -2.31. The van der Waals surface area contributed by atoms with Gasteiger partial charge in [-0.3, -0.25) is 14.4 Å². The van der Waals surface area contributed by atoms with Crippen molar-refractivity contribution in [3.63, 3.8) is 0 Å². The zero-order valence-electron chi connectivity index (χ0n) is 47.2. The van der Waals surface area contributed by atoms with Crippen LogP contribution < -0.4 is 24.8 Å². The van der Waals surface area contributed by atoms with E-state index < -0.39 is 48.6 Å². The Labute approximate surface area is 475 Å². The minimum atomic E-state index is -0.877. The van der Waals surface area contributed by atoms with E-state index in [1.54, 1.807) is 13.8 Å². The Kier molecular flexibility index (Phi) is 22.6. The summed E-state index contributed by atoms with van der Waals surface area (Å²) in [5.74, 6) is -2.22. The second kappa shape index (κ2) is 30.4. The van der Waals surface area contributed by atoms with Crippen LogP contribution in [0.4, 0.5) is 0 Å². The predicted octanol–water partition coefficient (Wildman–Crippen LogP) is 10.3. The molecule has 81 heavy (non-hydrogen) atoms. The Balaban J connectivity index is 0.000000237. The molecule has 16 nitrogen and oxygen atoms in total. The molecule has 6 aromatic rings. The van der Waals surface area contributed by atoms with Crippen molar-refractivity contribution in [1.82, 2.24) is 20.6 Å². The van der Waals surface area contributed by atoms with Gasteiger partial charge in [0.15, 0.2) is 34.4 Å². The summed E-state index contributed by atoms with van der Waals surface area (Å²) in [7, 11) is 2.82. The number of methoxy groups -OCH3 is 2. The van der Waals surface area contributed by atoms with Gasteiger partial charge < -0.3 is 44.2 Å². The number of esters is 3. The number of hydrogen-bond donors (Lipinski definition) is 3. The van der Waals surface area contributed by atoms with E-state index in [9.17, 15) is 29.1 Å². The summed E-state index contributed by atoms with van der Waals surface area (Å²) < 4.78 is 33.3. The number of nitrogens with zero attached hydrogens (tertiary/aromatic N) is 2. The molecule has 2 aromatic heterocycles. The Hall–Kier alpha value is -8.27. The van der Waals surface area contributed by atoms with Gasteiger partial charge in [0.1, 0.15) is 24.3 Å². The van der Waals surface area contributed by atoms with Crippen molar-refractivity contribution >= 4 is 29.7 Å². The number of amides is 2. The fourth-order valence-corrected chi connectivity index (χ4v) is 10.8. The van der Waals surface area contributed by atoms with Crippen LogP contribution in [0.1, 0.15) is 109 Å². The quantitative estimate of drug-likeness (QED) is 0.0415. The summed E-state index contributed by atoms with van der Waals surface area (Å²) in [5.41, 5.74) is 4.62. The number of nitrogens with one attached hydrogen (secondary N) is 2. The summed E-state index contributed by atoms with van der Waals surface area (Å²) in [6, 6.07) is 42.6. The average Bonchev–Trinajstić information content (AvgIpc) is 3.59. The molecular formula is C65H76N4O12. The van der Waals surface area contributed by atoms with Crippen molar-refractivity contribution in [3.8, 4) is 23.0 Å². The van der Waals surface area contributed by atoms with E-state index in [0.29, 0.717) is 18.8 Å². The van der Waals surface area contributed by atoms with Gasteiger partial charge in [-0.1, -0.05) is 148 Å². The van der Waals surface area contributed by atoms with E-state index >= 15 is 0 Å². The highest BCUT2D eigenvalue weighted by Gasteiger charge is 2.37. The lowest BCUT2D eigenvalue weighted by atomic mass is 9.77. The fourth-order valence-electron chi connectivity index (χ4n) is 10.8. The number of aromatic hydroxyl groups is 1. The molecule has 428 valence electrons. The molecule has 8 rings (SSSR count). The van der Waals surface area contributed by atoms with Gasteiger partial charge in [-0.15, -0.1) is 0 Å². The first-order valence-electron chi connectivity index (χ1n) is 28.0. The lowest BCUT2D eigenvalue weighted by Crippen LogP contribution is -2.43. The number of carbonyl (C=O) groups is 5. The van der Waals surface area contributed by atoms with Crippen molar-refractivity contribution < 1.29 is 57.5 Å². The molecule has 8 atom stereocenters. The van der Waals surface area contributed by atoms with E-state index in [1.807, 2.05) is 86.6 Å². The maximum absolute atomic E-state index is 13.5. The monoisotopic (exact) mass is 1100 g/mol. The topological polar surface area (TPSA) is 211 Å².